The van der Waals surface area contributed by atoms with Gasteiger partial charge in [0.25, 0.3) is 0 Å². The molecule has 56 valence electrons. The lowest BCUT2D eigenvalue weighted by Crippen LogP contribution is -2.22. The quantitative estimate of drug-likeness (QED) is 0.556. The highest BCUT2D eigenvalue weighted by Crippen LogP contribution is 1.71. The first-order valence-electron chi connectivity index (χ1n) is 3.09. The molecule has 1 aromatic rings. The standard InChI is InChI=1S/C5H10N4O/c1-6-2-3-9-4-7-8-5(9)10/h4,6H,2-3H2,1H3,(H,8,10). The molecule has 2 N–H and O–H groups in total. The van der Waals surface area contributed by atoms with Gasteiger partial charge in [0.15, 0.2) is 0 Å². The maximum Gasteiger partial charge on any atom is 0.343 e. The average molecular weight is 142 g/mol. The van der Waals surface area contributed by atoms with E-state index in [2.05, 4.69) is 15.5 Å². The van der Waals surface area contributed by atoms with E-state index in [1.54, 1.807) is 0 Å². The Hall–Kier alpha value is -1.10. The molecule has 5 heteroatoms. The second-order valence-electron chi connectivity index (χ2n) is 1.96. The summed E-state index contributed by atoms with van der Waals surface area (Å²) in [4.78, 5) is 10.7. The molecule has 0 amide bonds. The normalized spacial score (nSPS) is 10.1. The first-order chi connectivity index (χ1) is 4.84. The van der Waals surface area contributed by atoms with E-state index in [1.807, 2.05) is 7.05 Å². The fraction of sp³-hybridized carbons (Fsp3) is 0.600. The molecule has 0 saturated carbocycles. The Balaban J connectivity index is 2.57. The van der Waals surface area contributed by atoms with Crippen molar-refractivity contribution in [3.05, 3.63) is 16.8 Å². The lowest BCUT2D eigenvalue weighted by atomic mass is 10.6. The molecular weight excluding hydrogens is 132 g/mol. The van der Waals surface area contributed by atoms with Gasteiger partial charge in [-0.25, -0.2) is 9.89 Å². The van der Waals surface area contributed by atoms with E-state index in [4.69, 9.17) is 0 Å². The minimum Gasteiger partial charge on any atom is -0.318 e. The number of likely N-dealkylation sites (N-methyl/N-ethyl adjacent to an activating group) is 1. The van der Waals surface area contributed by atoms with Crippen molar-refractivity contribution in [1.29, 1.82) is 0 Å². The van der Waals surface area contributed by atoms with Crippen LogP contribution in [0.25, 0.3) is 0 Å². The first kappa shape index (κ1) is 7.01. The molecule has 0 spiro atoms. The molecule has 0 aliphatic heterocycles. The zero-order valence-electron chi connectivity index (χ0n) is 5.79. The second-order valence-corrected chi connectivity index (χ2v) is 1.96. The van der Waals surface area contributed by atoms with Crippen molar-refractivity contribution in [3.8, 4) is 0 Å². The Morgan fingerprint density at radius 1 is 1.90 bits per heavy atom. The lowest BCUT2D eigenvalue weighted by molar-refractivity contribution is 0.627. The van der Waals surface area contributed by atoms with Crippen LogP contribution in [-0.2, 0) is 6.54 Å². The van der Waals surface area contributed by atoms with Crippen molar-refractivity contribution in [2.45, 2.75) is 6.54 Å². The Morgan fingerprint density at radius 3 is 3.20 bits per heavy atom. The SMILES string of the molecule is CNCCn1cn[nH]c1=O. The van der Waals surface area contributed by atoms with Crippen LogP contribution < -0.4 is 11.0 Å². The van der Waals surface area contributed by atoms with E-state index in [1.165, 1.54) is 10.9 Å². The van der Waals surface area contributed by atoms with Crippen molar-refractivity contribution >= 4 is 0 Å². The number of nitrogens with one attached hydrogen (secondary N) is 2. The van der Waals surface area contributed by atoms with Gasteiger partial charge in [0, 0.05) is 13.1 Å². The fourth-order valence-corrected chi connectivity index (χ4v) is 0.662. The minimum atomic E-state index is -0.157. The highest BCUT2D eigenvalue weighted by atomic mass is 16.1. The predicted octanol–water partition coefficient (Wildman–Crippen LogP) is -1.21. The number of rotatable bonds is 3. The zero-order valence-corrected chi connectivity index (χ0v) is 5.79. The molecule has 1 rings (SSSR count). The van der Waals surface area contributed by atoms with Crippen LogP contribution >= 0.6 is 0 Å². The van der Waals surface area contributed by atoms with Gasteiger partial charge >= 0.3 is 5.69 Å². The van der Waals surface area contributed by atoms with E-state index >= 15 is 0 Å². The van der Waals surface area contributed by atoms with Crippen LogP contribution in [-0.4, -0.2) is 28.4 Å². The summed E-state index contributed by atoms with van der Waals surface area (Å²) >= 11 is 0. The summed E-state index contributed by atoms with van der Waals surface area (Å²) < 4.78 is 1.51. The van der Waals surface area contributed by atoms with Gasteiger partial charge in [0.2, 0.25) is 0 Å². The maximum atomic E-state index is 10.7. The van der Waals surface area contributed by atoms with Crippen LogP contribution in [0, 0.1) is 0 Å². The third-order valence-electron chi connectivity index (χ3n) is 1.22. The van der Waals surface area contributed by atoms with E-state index in [0.29, 0.717) is 6.54 Å². The van der Waals surface area contributed by atoms with Gasteiger partial charge in [-0.05, 0) is 7.05 Å². The Labute approximate surface area is 58.1 Å². The third-order valence-corrected chi connectivity index (χ3v) is 1.22. The summed E-state index contributed by atoms with van der Waals surface area (Å²) in [5, 5.41) is 8.81. The predicted molar refractivity (Wildman–Crippen MR) is 36.8 cm³/mol. The molecular formula is C5H10N4O. The summed E-state index contributed by atoms with van der Waals surface area (Å²) in [6.45, 7) is 1.44. The van der Waals surface area contributed by atoms with Crippen molar-refractivity contribution in [3.63, 3.8) is 0 Å². The molecule has 10 heavy (non-hydrogen) atoms. The zero-order chi connectivity index (χ0) is 7.40. The van der Waals surface area contributed by atoms with Crippen LogP contribution in [0.4, 0.5) is 0 Å². The summed E-state index contributed by atoms with van der Waals surface area (Å²) in [5.74, 6) is 0. The molecule has 0 unspecified atom stereocenters. The summed E-state index contributed by atoms with van der Waals surface area (Å²) in [5.41, 5.74) is -0.157. The molecule has 0 fully saturated rings. The molecule has 0 radical (unpaired) electrons. The van der Waals surface area contributed by atoms with E-state index < -0.39 is 0 Å². The topological polar surface area (TPSA) is 62.7 Å². The van der Waals surface area contributed by atoms with Gasteiger partial charge in [-0.3, -0.25) is 4.57 Å². The van der Waals surface area contributed by atoms with Gasteiger partial charge in [0.1, 0.15) is 6.33 Å². The van der Waals surface area contributed by atoms with Crippen LogP contribution in [0.3, 0.4) is 0 Å². The molecule has 0 aliphatic carbocycles. The van der Waals surface area contributed by atoms with Gasteiger partial charge in [0.05, 0.1) is 0 Å². The number of hydrogen-bond donors (Lipinski definition) is 2. The molecule has 0 atom stereocenters. The first-order valence-corrected chi connectivity index (χ1v) is 3.09. The molecule has 1 heterocycles. The molecule has 0 aromatic carbocycles. The summed E-state index contributed by atoms with van der Waals surface area (Å²) in [7, 11) is 1.84. The molecule has 0 aliphatic rings. The molecule has 0 saturated heterocycles. The van der Waals surface area contributed by atoms with Gasteiger partial charge in [-0.1, -0.05) is 0 Å². The van der Waals surface area contributed by atoms with Crippen molar-refractivity contribution in [2.75, 3.05) is 13.6 Å². The highest BCUT2D eigenvalue weighted by Gasteiger charge is 1.92. The lowest BCUT2D eigenvalue weighted by Gasteiger charge is -1.96. The second kappa shape index (κ2) is 3.17. The minimum absolute atomic E-state index is 0.157. The maximum absolute atomic E-state index is 10.7. The molecule has 5 nitrogen and oxygen atoms in total. The number of aromatic amines is 1. The van der Waals surface area contributed by atoms with Crippen molar-refractivity contribution in [2.24, 2.45) is 0 Å². The smallest absolute Gasteiger partial charge is 0.318 e. The van der Waals surface area contributed by atoms with Crippen LogP contribution in [0.1, 0.15) is 0 Å². The van der Waals surface area contributed by atoms with Crippen LogP contribution in [0.15, 0.2) is 11.1 Å². The van der Waals surface area contributed by atoms with E-state index in [0.717, 1.165) is 6.54 Å². The van der Waals surface area contributed by atoms with Crippen LogP contribution in [0.5, 0.6) is 0 Å². The Kier molecular flexibility index (Phi) is 2.22. The number of H-pyrrole nitrogens is 1. The number of nitrogens with zero attached hydrogens (tertiary/aromatic N) is 2. The number of hydrogen-bond acceptors (Lipinski definition) is 3. The summed E-state index contributed by atoms with van der Waals surface area (Å²) in [6, 6.07) is 0. The van der Waals surface area contributed by atoms with Crippen molar-refractivity contribution in [1.82, 2.24) is 20.1 Å². The van der Waals surface area contributed by atoms with Crippen molar-refractivity contribution < 1.29 is 0 Å². The fourth-order valence-electron chi connectivity index (χ4n) is 0.662. The molecule has 0 bridgehead atoms. The van der Waals surface area contributed by atoms with E-state index in [-0.39, 0.29) is 5.69 Å². The van der Waals surface area contributed by atoms with Gasteiger partial charge < -0.3 is 5.32 Å². The third kappa shape index (κ3) is 1.44. The molecule has 1 aromatic heterocycles. The van der Waals surface area contributed by atoms with Gasteiger partial charge in [-0.15, -0.1) is 0 Å². The van der Waals surface area contributed by atoms with Crippen LogP contribution in [0.2, 0.25) is 0 Å². The average Bonchev–Trinajstić information content (AvgIpc) is 2.31. The highest BCUT2D eigenvalue weighted by molar-refractivity contribution is 4.62. The summed E-state index contributed by atoms with van der Waals surface area (Å²) in [6.07, 6.45) is 1.49. The monoisotopic (exact) mass is 142 g/mol. The largest absolute Gasteiger partial charge is 0.343 e. The Morgan fingerprint density at radius 2 is 2.70 bits per heavy atom. The Bertz CT molecular complexity index is 238. The van der Waals surface area contributed by atoms with E-state index in [9.17, 15) is 4.79 Å². The van der Waals surface area contributed by atoms with Gasteiger partial charge in [-0.2, -0.15) is 5.10 Å². The number of aromatic nitrogens is 3.